The molecule has 1 fully saturated rings. The zero-order valence-corrected chi connectivity index (χ0v) is 17.1. The van der Waals surface area contributed by atoms with Crippen LogP contribution in [0.3, 0.4) is 0 Å². The average molecular weight is 418 g/mol. The molecule has 0 unspecified atom stereocenters. The van der Waals surface area contributed by atoms with E-state index >= 15 is 0 Å². The fraction of sp³-hybridized carbons (Fsp3) is 0.250. The minimum Gasteiger partial charge on any atom is -0.494 e. The number of nitrogens with zero attached hydrogens (tertiary/aromatic N) is 2. The van der Waals surface area contributed by atoms with Gasteiger partial charge in [-0.05, 0) is 55.5 Å². The lowest BCUT2D eigenvalue weighted by Gasteiger charge is -2.16. The lowest BCUT2D eigenvalue weighted by molar-refractivity contribution is -0.121. The van der Waals surface area contributed by atoms with E-state index in [4.69, 9.17) is 16.3 Å². The zero-order chi connectivity index (χ0) is 20.1. The minimum atomic E-state index is -0.530. The number of amidine groups is 1. The van der Waals surface area contributed by atoms with Crippen LogP contribution in [0.5, 0.6) is 5.75 Å². The van der Waals surface area contributed by atoms with E-state index in [1.165, 1.54) is 16.7 Å². The molecule has 1 aliphatic heterocycles. The normalized spacial score (nSPS) is 17.2. The summed E-state index contributed by atoms with van der Waals surface area (Å²) in [5.41, 5.74) is 1.35. The SMILES string of the molecule is CCOc1ccc(N2C(=O)C[C@@H](SC(=NC)Nc3ccc(Cl)cc3)C2=O)cc1. The molecule has 1 N–H and O–H groups in total. The minimum absolute atomic E-state index is 0.123. The van der Waals surface area contributed by atoms with Gasteiger partial charge in [0.05, 0.1) is 12.3 Å². The van der Waals surface area contributed by atoms with Crippen LogP contribution in [-0.4, -0.2) is 35.9 Å². The molecule has 0 saturated carbocycles. The number of hydrogen-bond donors (Lipinski definition) is 1. The first-order valence-electron chi connectivity index (χ1n) is 8.77. The van der Waals surface area contributed by atoms with E-state index in [0.717, 1.165) is 5.69 Å². The lowest BCUT2D eigenvalue weighted by atomic mass is 10.3. The molecule has 1 aliphatic rings. The molecule has 1 atom stereocenters. The number of benzene rings is 2. The highest BCUT2D eigenvalue weighted by Gasteiger charge is 2.40. The maximum Gasteiger partial charge on any atom is 0.247 e. The first kappa shape index (κ1) is 20.2. The van der Waals surface area contributed by atoms with Gasteiger partial charge in [-0.25, -0.2) is 4.90 Å². The van der Waals surface area contributed by atoms with Gasteiger partial charge in [0, 0.05) is 24.2 Å². The van der Waals surface area contributed by atoms with Crippen molar-refractivity contribution in [3.05, 3.63) is 53.6 Å². The van der Waals surface area contributed by atoms with E-state index in [9.17, 15) is 9.59 Å². The third-order valence-corrected chi connectivity index (χ3v) is 5.48. The molecule has 1 heterocycles. The number of imide groups is 1. The Labute approximate surface area is 172 Å². The number of halogens is 1. The molecule has 2 aromatic rings. The van der Waals surface area contributed by atoms with Crippen LogP contribution >= 0.6 is 23.4 Å². The Kier molecular flexibility index (Phi) is 6.59. The Morgan fingerprint density at radius 1 is 1.21 bits per heavy atom. The Morgan fingerprint density at radius 2 is 1.89 bits per heavy atom. The molecular formula is C20H20ClN3O3S. The smallest absolute Gasteiger partial charge is 0.247 e. The molecule has 2 amide bonds. The van der Waals surface area contributed by atoms with Crippen LogP contribution in [0.2, 0.25) is 5.02 Å². The average Bonchev–Trinajstić information content (AvgIpc) is 2.97. The fourth-order valence-electron chi connectivity index (χ4n) is 2.76. The van der Waals surface area contributed by atoms with Gasteiger partial charge in [-0.3, -0.25) is 14.6 Å². The largest absolute Gasteiger partial charge is 0.494 e. The number of nitrogens with one attached hydrogen (secondary N) is 1. The standard InChI is InChI=1S/C20H20ClN3O3S/c1-3-27-16-10-8-15(9-11-16)24-18(25)12-17(19(24)26)28-20(22-2)23-14-6-4-13(21)5-7-14/h4-11,17H,3,12H2,1-2H3,(H,22,23)/t17-/m1/s1. The second-order valence-corrected chi connectivity index (χ2v) is 7.59. The van der Waals surface area contributed by atoms with Gasteiger partial charge in [-0.2, -0.15) is 0 Å². The highest BCUT2D eigenvalue weighted by molar-refractivity contribution is 8.15. The molecule has 0 spiro atoms. The summed E-state index contributed by atoms with van der Waals surface area (Å²) in [5.74, 6) is 0.218. The predicted octanol–water partition coefficient (Wildman–Crippen LogP) is 4.20. The number of anilines is 2. The predicted molar refractivity (Wildman–Crippen MR) is 115 cm³/mol. The van der Waals surface area contributed by atoms with Gasteiger partial charge in [-0.15, -0.1) is 0 Å². The van der Waals surface area contributed by atoms with Crippen LogP contribution in [0.4, 0.5) is 11.4 Å². The van der Waals surface area contributed by atoms with E-state index < -0.39 is 5.25 Å². The molecule has 2 aromatic carbocycles. The van der Waals surface area contributed by atoms with Crippen LogP contribution in [0.1, 0.15) is 13.3 Å². The van der Waals surface area contributed by atoms with Crippen molar-refractivity contribution >= 4 is 51.7 Å². The van der Waals surface area contributed by atoms with Gasteiger partial charge in [0.25, 0.3) is 0 Å². The molecule has 1 saturated heterocycles. The van der Waals surface area contributed by atoms with Crippen LogP contribution in [-0.2, 0) is 9.59 Å². The number of hydrogen-bond acceptors (Lipinski definition) is 5. The van der Waals surface area contributed by atoms with Gasteiger partial charge in [0.15, 0.2) is 5.17 Å². The van der Waals surface area contributed by atoms with Crippen molar-refractivity contribution in [3.8, 4) is 5.75 Å². The summed E-state index contributed by atoms with van der Waals surface area (Å²) >= 11 is 7.14. The molecule has 3 rings (SSSR count). The quantitative estimate of drug-likeness (QED) is 0.448. The number of ether oxygens (including phenoxy) is 1. The van der Waals surface area contributed by atoms with E-state index in [1.54, 1.807) is 43.4 Å². The molecule has 28 heavy (non-hydrogen) atoms. The van der Waals surface area contributed by atoms with E-state index in [1.807, 2.05) is 19.1 Å². The number of carbonyl (C=O) groups is 2. The Hall–Kier alpha value is -2.51. The number of carbonyl (C=O) groups excluding carboxylic acids is 2. The van der Waals surface area contributed by atoms with Crippen LogP contribution in [0.15, 0.2) is 53.5 Å². The molecule has 146 valence electrons. The van der Waals surface area contributed by atoms with Gasteiger partial charge < -0.3 is 10.1 Å². The van der Waals surface area contributed by atoms with Crippen LogP contribution < -0.4 is 15.0 Å². The fourth-order valence-corrected chi connectivity index (χ4v) is 3.86. The number of amides is 2. The van der Waals surface area contributed by atoms with Crippen molar-refractivity contribution in [2.24, 2.45) is 4.99 Å². The van der Waals surface area contributed by atoms with Crippen LogP contribution in [0.25, 0.3) is 0 Å². The summed E-state index contributed by atoms with van der Waals surface area (Å²) < 4.78 is 5.40. The second-order valence-electron chi connectivity index (χ2n) is 5.97. The van der Waals surface area contributed by atoms with Gasteiger partial charge in [-0.1, -0.05) is 23.4 Å². The Bertz CT molecular complexity index is 885. The Balaban J connectivity index is 1.69. The number of rotatable bonds is 5. The van der Waals surface area contributed by atoms with E-state index in [0.29, 0.717) is 28.2 Å². The van der Waals surface area contributed by atoms with Crippen molar-refractivity contribution in [2.75, 3.05) is 23.9 Å². The highest BCUT2D eigenvalue weighted by Crippen LogP contribution is 2.31. The summed E-state index contributed by atoms with van der Waals surface area (Å²) in [6, 6.07) is 14.1. The van der Waals surface area contributed by atoms with E-state index in [-0.39, 0.29) is 18.2 Å². The topological polar surface area (TPSA) is 71.0 Å². The maximum atomic E-state index is 12.8. The lowest BCUT2D eigenvalue weighted by Crippen LogP contribution is -2.31. The van der Waals surface area contributed by atoms with Gasteiger partial charge in [0.1, 0.15) is 11.0 Å². The van der Waals surface area contributed by atoms with Crippen molar-refractivity contribution < 1.29 is 14.3 Å². The summed E-state index contributed by atoms with van der Waals surface area (Å²) in [4.78, 5) is 30.7. The first-order chi connectivity index (χ1) is 13.5. The van der Waals surface area contributed by atoms with Crippen molar-refractivity contribution in [2.45, 2.75) is 18.6 Å². The highest BCUT2D eigenvalue weighted by atomic mass is 35.5. The zero-order valence-electron chi connectivity index (χ0n) is 15.5. The molecule has 8 heteroatoms. The van der Waals surface area contributed by atoms with Gasteiger partial charge in [0.2, 0.25) is 11.8 Å². The number of thioether (sulfide) groups is 1. The third-order valence-electron chi connectivity index (χ3n) is 4.06. The summed E-state index contributed by atoms with van der Waals surface area (Å²) in [5, 5.41) is 3.81. The first-order valence-corrected chi connectivity index (χ1v) is 10.0. The third kappa shape index (κ3) is 4.66. The monoisotopic (exact) mass is 417 g/mol. The molecule has 6 nitrogen and oxygen atoms in total. The second kappa shape index (κ2) is 9.12. The molecule has 0 bridgehead atoms. The van der Waals surface area contributed by atoms with E-state index in [2.05, 4.69) is 10.3 Å². The summed E-state index contributed by atoms with van der Waals surface area (Å²) in [6.45, 7) is 2.45. The van der Waals surface area contributed by atoms with Gasteiger partial charge >= 0.3 is 0 Å². The molecular weight excluding hydrogens is 398 g/mol. The summed E-state index contributed by atoms with van der Waals surface area (Å²) in [6.07, 6.45) is 0.123. The van der Waals surface area contributed by atoms with Crippen molar-refractivity contribution in [1.29, 1.82) is 0 Å². The van der Waals surface area contributed by atoms with Crippen molar-refractivity contribution in [1.82, 2.24) is 0 Å². The van der Waals surface area contributed by atoms with Crippen LogP contribution in [0, 0.1) is 0 Å². The number of aliphatic imine (C=N–C) groups is 1. The molecule has 0 aliphatic carbocycles. The Morgan fingerprint density at radius 3 is 2.50 bits per heavy atom. The molecule has 0 radical (unpaired) electrons. The van der Waals surface area contributed by atoms with Crippen molar-refractivity contribution in [3.63, 3.8) is 0 Å². The molecule has 0 aromatic heterocycles. The summed E-state index contributed by atoms with van der Waals surface area (Å²) in [7, 11) is 1.64. The maximum absolute atomic E-state index is 12.8.